The maximum Gasteiger partial charge on any atom is 0.295 e. The van der Waals surface area contributed by atoms with Gasteiger partial charge in [-0.25, -0.2) is 0 Å². The average Bonchev–Trinajstić information content (AvgIpc) is 3.12. The minimum absolute atomic E-state index is 0.0379. The summed E-state index contributed by atoms with van der Waals surface area (Å²) in [4.78, 5) is 29.0. The number of hydrogen-bond donors (Lipinski definition) is 1. The van der Waals surface area contributed by atoms with Gasteiger partial charge in [-0.3, -0.25) is 9.59 Å². The molecule has 1 atom stereocenters. The topological polar surface area (TPSA) is 83.3 Å². The molecule has 1 unspecified atom stereocenters. The van der Waals surface area contributed by atoms with Crippen molar-refractivity contribution in [2.24, 2.45) is 0 Å². The van der Waals surface area contributed by atoms with Gasteiger partial charge >= 0.3 is 0 Å². The number of benzene rings is 2. The highest BCUT2D eigenvalue weighted by Crippen LogP contribution is 2.38. The Balaban J connectivity index is 1.68. The highest BCUT2D eigenvalue weighted by Gasteiger charge is 2.44. The molecule has 2 aliphatic rings. The van der Waals surface area contributed by atoms with Crippen molar-refractivity contribution in [2.75, 3.05) is 46.0 Å². The van der Waals surface area contributed by atoms with Crippen molar-refractivity contribution in [1.29, 1.82) is 0 Å². The van der Waals surface area contributed by atoms with Crippen LogP contribution >= 0.6 is 11.6 Å². The molecule has 2 saturated heterocycles. The number of carbonyl (C=O) groups is 2. The zero-order valence-electron chi connectivity index (χ0n) is 18.8. The number of nitrogens with zero attached hydrogens (tertiary/aromatic N) is 1. The molecule has 0 aromatic heterocycles. The lowest BCUT2D eigenvalue weighted by Crippen LogP contribution is -3.14. The number of quaternary nitrogens is 1. The number of Topliss-reactive ketones (excluding diaryl/α,β-unsaturated/α-hetero) is 1. The number of morpholine rings is 1. The molecule has 1 amide bonds. The van der Waals surface area contributed by atoms with E-state index in [9.17, 15) is 14.7 Å². The predicted octanol–water partition coefficient (Wildman–Crippen LogP) is 1.04. The van der Waals surface area contributed by atoms with Crippen LogP contribution in [0.3, 0.4) is 0 Å². The summed E-state index contributed by atoms with van der Waals surface area (Å²) in [6.07, 6.45) is 1.63. The number of carbonyl (C=O) groups excluding carboxylic acids is 2. The molecule has 4 rings (SSSR count). The Morgan fingerprint density at radius 3 is 2.47 bits per heavy atom. The van der Waals surface area contributed by atoms with Crippen molar-refractivity contribution in [3.63, 3.8) is 0 Å². The number of halogens is 1. The Morgan fingerprint density at radius 1 is 1.15 bits per heavy atom. The molecular weight excluding hydrogens is 456 g/mol. The van der Waals surface area contributed by atoms with E-state index in [0.29, 0.717) is 54.8 Å². The van der Waals surface area contributed by atoms with Crippen LogP contribution in [0.25, 0.3) is 5.76 Å². The summed E-state index contributed by atoms with van der Waals surface area (Å²) in [7, 11) is 0. The molecule has 2 aromatic carbocycles. The summed E-state index contributed by atoms with van der Waals surface area (Å²) in [6, 6.07) is 12.7. The first-order chi connectivity index (χ1) is 16.5. The van der Waals surface area contributed by atoms with Crippen molar-refractivity contribution >= 4 is 29.1 Å². The summed E-state index contributed by atoms with van der Waals surface area (Å²) in [6.45, 7) is 8.02. The standard InChI is InChI=1S/C26H27ClN2O5/c1-2-15-34-21-9-5-19(6-10-21)24(30)22-23(18-3-7-20(27)8-4-18)29(26(32)25(22)31)12-11-28-13-16-33-17-14-28/h2-10,23,30H,1,11-17H2. The lowest BCUT2D eigenvalue weighted by Gasteiger charge is -2.30. The fourth-order valence-electron chi connectivity index (χ4n) is 4.29. The van der Waals surface area contributed by atoms with Gasteiger partial charge in [-0.2, -0.15) is 0 Å². The van der Waals surface area contributed by atoms with Crippen LogP contribution in [0, 0.1) is 0 Å². The lowest BCUT2D eigenvalue weighted by molar-refractivity contribution is -0.907. The molecule has 0 saturated carbocycles. The van der Waals surface area contributed by atoms with Crippen LogP contribution in [0.5, 0.6) is 5.75 Å². The van der Waals surface area contributed by atoms with Crippen molar-refractivity contribution < 1.29 is 29.1 Å². The van der Waals surface area contributed by atoms with Gasteiger partial charge in [0.2, 0.25) is 5.78 Å². The van der Waals surface area contributed by atoms with E-state index in [1.165, 1.54) is 9.80 Å². The molecule has 0 radical (unpaired) electrons. The highest BCUT2D eigenvalue weighted by molar-refractivity contribution is 6.46. The molecule has 0 bridgehead atoms. The monoisotopic (exact) mass is 482 g/mol. The minimum Gasteiger partial charge on any atom is -0.872 e. The number of ketones is 1. The first-order valence-corrected chi connectivity index (χ1v) is 11.6. The summed E-state index contributed by atoms with van der Waals surface area (Å²) in [5, 5.41) is 14.0. The van der Waals surface area contributed by atoms with Gasteiger partial charge in [-0.15, -0.1) is 0 Å². The van der Waals surface area contributed by atoms with E-state index in [0.717, 1.165) is 13.1 Å². The Kier molecular flexibility index (Phi) is 7.67. The van der Waals surface area contributed by atoms with Crippen LogP contribution in [0.4, 0.5) is 0 Å². The number of ether oxygens (including phenoxy) is 2. The van der Waals surface area contributed by atoms with Crippen LogP contribution in [-0.2, 0) is 14.3 Å². The first kappa shape index (κ1) is 24.0. The van der Waals surface area contributed by atoms with Gasteiger partial charge in [-0.05, 0) is 35.4 Å². The van der Waals surface area contributed by atoms with Gasteiger partial charge in [0.05, 0.1) is 32.3 Å². The van der Waals surface area contributed by atoms with E-state index in [1.807, 2.05) is 0 Å². The average molecular weight is 483 g/mol. The van der Waals surface area contributed by atoms with E-state index < -0.39 is 23.5 Å². The smallest absolute Gasteiger partial charge is 0.295 e. The van der Waals surface area contributed by atoms with Crippen LogP contribution in [0.2, 0.25) is 5.02 Å². The Morgan fingerprint density at radius 2 is 1.82 bits per heavy atom. The van der Waals surface area contributed by atoms with Crippen LogP contribution < -0.4 is 14.7 Å². The SMILES string of the molecule is C=CCOc1ccc(C([O-])=C2C(=O)C(=O)N(CC[NH+]3CCOCC3)C2c2ccc(Cl)cc2)cc1. The molecule has 178 valence electrons. The molecule has 34 heavy (non-hydrogen) atoms. The van der Waals surface area contributed by atoms with Crippen LogP contribution in [0.1, 0.15) is 17.2 Å². The second-order valence-corrected chi connectivity index (χ2v) is 8.70. The fourth-order valence-corrected chi connectivity index (χ4v) is 4.42. The third kappa shape index (κ3) is 5.17. The maximum absolute atomic E-state index is 13.5. The van der Waals surface area contributed by atoms with Crippen LogP contribution in [-0.4, -0.2) is 62.6 Å². The second-order valence-electron chi connectivity index (χ2n) is 8.26. The molecular formula is C26H27ClN2O5. The summed E-state index contributed by atoms with van der Waals surface area (Å²) in [5.41, 5.74) is 0.959. The van der Waals surface area contributed by atoms with Crippen molar-refractivity contribution in [3.05, 3.63) is 82.9 Å². The first-order valence-electron chi connectivity index (χ1n) is 11.3. The third-order valence-electron chi connectivity index (χ3n) is 6.11. The van der Waals surface area contributed by atoms with E-state index in [-0.39, 0.29) is 5.57 Å². The number of amides is 1. The van der Waals surface area contributed by atoms with Gasteiger partial charge in [0.1, 0.15) is 25.4 Å². The van der Waals surface area contributed by atoms with E-state index in [2.05, 4.69) is 6.58 Å². The Bertz CT molecular complexity index is 1080. The maximum atomic E-state index is 13.5. The van der Waals surface area contributed by atoms with Crippen LogP contribution in [0.15, 0.2) is 66.8 Å². The van der Waals surface area contributed by atoms with Crippen molar-refractivity contribution in [1.82, 2.24) is 4.90 Å². The van der Waals surface area contributed by atoms with Gasteiger partial charge in [0.15, 0.2) is 0 Å². The number of nitrogens with one attached hydrogen (secondary N) is 1. The minimum atomic E-state index is -0.762. The second kappa shape index (κ2) is 10.9. The lowest BCUT2D eigenvalue weighted by atomic mass is 9.95. The quantitative estimate of drug-likeness (QED) is 0.263. The van der Waals surface area contributed by atoms with Gasteiger partial charge in [0, 0.05) is 10.6 Å². The summed E-state index contributed by atoms with van der Waals surface area (Å²) >= 11 is 6.07. The van der Waals surface area contributed by atoms with E-state index in [1.54, 1.807) is 54.6 Å². The molecule has 8 heteroatoms. The molecule has 0 aliphatic carbocycles. The molecule has 2 aromatic rings. The van der Waals surface area contributed by atoms with Gasteiger partial charge < -0.3 is 24.4 Å². The van der Waals surface area contributed by atoms with Gasteiger partial charge in [0.25, 0.3) is 5.91 Å². The molecule has 1 N–H and O–H groups in total. The number of hydrogen-bond acceptors (Lipinski definition) is 5. The summed E-state index contributed by atoms with van der Waals surface area (Å²) < 4.78 is 10.9. The number of likely N-dealkylation sites (tertiary alicyclic amines) is 1. The molecule has 2 fully saturated rings. The molecule has 2 aliphatic heterocycles. The fraction of sp³-hybridized carbons (Fsp3) is 0.308. The van der Waals surface area contributed by atoms with E-state index in [4.69, 9.17) is 21.1 Å². The predicted molar refractivity (Wildman–Crippen MR) is 126 cm³/mol. The molecule has 2 heterocycles. The third-order valence-corrected chi connectivity index (χ3v) is 6.36. The normalized spacial score (nSPS) is 20.5. The Hall–Kier alpha value is -3.13. The van der Waals surface area contributed by atoms with E-state index >= 15 is 0 Å². The zero-order chi connectivity index (χ0) is 24.1. The number of rotatable bonds is 8. The zero-order valence-corrected chi connectivity index (χ0v) is 19.6. The molecule has 0 spiro atoms. The summed E-state index contributed by atoms with van der Waals surface area (Å²) in [5.74, 6) is -1.29. The largest absolute Gasteiger partial charge is 0.872 e. The van der Waals surface area contributed by atoms with Crippen molar-refractivity contribution in [2.45, 2.75) is 6.04 Å². The van der Waals surface area contributed by atoms with Crippen molar-refractivity contribution in [3.8, 4) is 5.75 Å². The Labute approximate surface area is 203 Å². The highest BCUT2D eigenvalue weighted by atomic mass is 35.5. The van der Waals surface area contributed by atoms with Gasteiger partial charge in [-0.1, -0.05) is 54.3 Å². The molecule has 7 nitrogen and oxygen atoms in total.